The van der Waals surface area contributed by atoms with Crippen LogP contribution in [0.15, 0.2) is 24.3 Å². The van der Waals surface area contributed by atoms with Crippen molar-refractivity contribution < 1.29 is 18.6 Å². The van der Waals surface area contributed by atoms with E-state index >= 15 is 0 Å². The number of piperazine rings is 1. The van der Waals surface area contributed by atoms with Gasteiger partial charge in [0.15, 0.2) is 0 Å². The molecule has 24 heavy (non-hydrogen) atoms. The van der Waals surface area contributed by atoms with Crippen molar-refractivity contribution in [2.45, 2.75) is 33.0 Å². The van der Waals surface area contributed by atoms with Gasteiger partial charge in [-0.05, 0) is 36.6 Å². The van der Waals surface area contributed by atoms with E-state index in [-0.39, 0.29) is 5.75 Å². The monoisotopic (exact) mass is 342 g/mol. The van der Waals surface area contributed by atoms with E-state index in [4.69, 9.17) is 0 Å². The SMILES string of the molecule is CC(C)CCN1CCN(CC(O)c2ccc(OC(F)F)cc2)CC1. The van der Waals surface area contributed by atoms with Gasteiger partial charge in [-0.15, -0.1) is 0 Å². The molecule has 6 heteroatoms. The van der Waals surface area contributed by atoms with Gasteiger partial charge in [-0.25, -0.2) is 0 Å². The van der Waals surface area contributed by atoms with E-state index in [9.17, 15) is 13.9 Å². The lowest BCUT2D eigenvalue weighted by Crippen LogP contribution is -2.47. The summed E-state index contributed by atoms with van der Waals surface area (Å²) in [7, 11) is 0. The molecule has 0 bridgehead atoms. The zero-order valence-corrected chi connectivity index (χ0v) is 14.5. The largest absolute Gasteiger partial charge is 0.435 e. The minimum Gasteiger partial charge on any atom is -0.435 e. The molecule has 1 aliphatic heterocycles. The van der Waals surface area contributed by atoms with Gasteiger partial charge in [-0.2, -0.15) is 8.78 Å². The number of benzene rings is 1. The first-order valence-electron chi connectivity index (χ1n) is 8.61. The van der Waals surface area contributed by atoms with Crippen LogP contribution < -0.4 is 4.74 Å². The molecule has 2 rings (SSSR count). The van der Waals surface area contributed by atoms with Crippen LogP contribution in [0.5, 0.6) is 5.75 Å². The van der Waals surface area contributed by atoms with E-state index < -0.39 is 12.7 Å². The van der Waals surface area contributed by atoms with Gasteiger partial charge in [-0.1, -0.05) is 26.0 Å². The zero-order valence-electron chi connectivity index (χ0n) is 14.5. The van der Waals surface area contributed by atoms with Crippen LogP contribution in [0, 0.1) is 5.92 Å². The Labute approximate surface area is 143 Å². The average Bonchev–Trinajstić information content (AvgIpc) is 2.54. The summed E-state index contributed by atoms with van der Waals surface area (Å²) in [5.41, 5.74) is 0.721. The van der Waals surface area contributed by atoms with E-state index in [1.54, 1.807) is 12.1 Å². The first-order valence-corrected chi connectivity index (χ1v) is 8.61. The number of hydrogen-bond acceptors (Lipinski definition) is 4. The second kappa shape index (κ2) is 9.30. The van der Waals surface area contributed by atoms with Crippen LogP contribution >= 0.6 is 0 Å². The summed E-state index contributed by atoms with van der Waals surface area (Å²) in [6.45, 7) is 7.30. The lowest BCUT2D eigenvalue weighted by atomic mass is 10.1. The normalized spacial score (nSPS) is 18.3. The predicted molar refractivity (Wildman–Crippen MR) is 90.4 cm³/mol. The molecule has 136 valence electrons. The fourth-order valence-electron chi connectivity index (χ4n) is 2.86. The molecule has 0 aromatic heterocycles. The molecule has 1 aromatic rings. The molecule has 0 aliphatic carbocycles. The van der Waals surface area contributed by atoms with Gasteiger partial charge in [0.25, 0.3) is 0 Å². The van der Waals surface area contributed by atoms with Gasteiger partial charge in [-0.3, -0.25) is 4.90 Å². The standard InChI is InChI=1S/C18H28F2N2O2/c1-14(2)7-8-21-9-11-22(12-10-21)13-17(23)15-3-5-16(6-4-15)24-18(19)20/h3-6,14,17-18,23H,7-13H2,1-2H3. The highest BCUT2D eigenvalue weighted by Crippen LogP contribution is 2.20. The Kier molecular flexibility index (Phi) is 7.40. The maximum Gasteiger partial charge on any atom is 0.387 e. The molecule has 4 nitrogen and oxygen atoms in total. The third-order valence-corrected chi connectivity index (χ3v) is 4.41. The van der Waals surface area contributed by atoms with Crippen molar-refractivity contribution in [1.82, 2.24) is 9.80 Å². The van der Waals surface area contributed by atoms with Crippen LogP contribution in [0.25, 0.3) is 0 Å². The minimum absolute atomic E-state index is 0.111. The summed E-state index contributed by atoms with van der Waals surface area (Å²) in [6, 6.07) is 6.21. The van der Waals surface area contributed by atoms with E-state index in [0.717, 1.165) is 44.2 Å². The number of hydrogen-bond donors (Lipinski definition) is 1. The fourth-order valence-corrected chi connectivity index (χ4v) is 2.86. The number of β-amino-alcohol motifs (C(OH)–C–C–N with tert-alkyl or cyclic N) is 1. The summed E-state index contributed by atoms with van der Waals surface area (Å²) in [4.78, 5) is 4.72. The third-order valence-electron chi connectivity index (χ3n) is 4.41. The quantitative estimate of drug-likeness (QED) is 0.788. The molecule has 0 amide bonds. The molecule has 1 heterocycles. The molecule has 1 aliphatic rings. The molecule has 0 spiro atoms. The van der Waals surface area contributed by atoms with Gasteiger partial charge >= 0.3 is 6.61 Å². The van der Waals surface area contributed by atoms with E-state index in [2.05, 4.69) is 28.4 Å². The maximum absolute atomic E-state index is 12.1. The summed E-state index contributed by atoms with van der Waals surface area (Å²) < 4.78 is 28.6. The van der Waals surface area contributed by atoms with Crippen molar-refractivity contribution in [2.24, 2.45) is 5.92 Å². The number of nitrogens with zero attached hydrogens (tertiary/aromatic N) is 2. The van der Waals surface area contributed by atoms with Gasteiger partial charge in [0.1, 0.15) is 5.75 Å². The lowest BCUT2D eigenvalue weighted by Gasteiger charge is -2.36. The van der Waals surface area contributed by atoms with Crippen molar-refractivity contribution in [2.75, 3.05) is 39.3 Å². The Morgan fingerprint density at radius 3 is 2.17 bits per heavy atom. The predicted octanol–water partition coefficient (Wildman–Crippen LogP) is 2.99. The van der Waals surface area contributed by atoms with Crippen LogP contribution in [0.3, 0.4) is 0 Å². The zero-order chi connectivity index (χ0) is 17.5. The van der Waals surface area contributed by atoms with Crippen LogP contribution in [-0.2, 0) is 0 Å². The van der Waals surface area contributed by atoms with Crippen LogP contribution in [0.2, 0.25) is 0 Å². The Hall–Kier alpha value is -1.24. The lowest BCUT2D eigenvalue weighted by molar-refractivity contribution is -0.0498. The number of halogens is 2. The highest BCUT2D eigenvalue weighted by Gasteiger charge is 2.20. The van der Waals surface area contributed by atoms with Crippen molar-refractivity contribution >= 4 is 0 Å². The summed E-state index contributed by atoms with van der Waals surface area (Å²) in [6.07, 6.45) is 0.600. The Balaban J connectivity index is 1.75. The molecule has 1 aromatic carbocycles. The molecule has 1 fully saturated rings. The summed E-state index contributed by atoms with van der Waals surface area (Å²) >= 11 is 0. The van der Waals surface area contributed by atoms with Crippen LogP contribution in [0.1, 0.15) is 31.9 Å². The molecular formula is C18H28F2N2O2. The maximum atomic E-state index is 12.1. The minimum atomic E-state index is -2.83. The molecule has 0 radical (unpaired) electrons. The summed E-state index contributed by atoms with van der Waals surface area (Å²) in [5, 5.41) is 10.3. The number of rotatable bonds is 8. The Morgan fingerprint density at radius 1 is 1.04 bits per heavy atom. The second-order valence-corrected chi connectivity index (χ2v) is 6.79. The number of aliphatic hydroxyl groups is 1. The van der Waals surface area contributed by atoms with Crippen molar-refractivity contribution in [3.05, 3.63) is 29.8 Å². The summed E-state index contributed by atoms with van der Waals surface area (Å²) in [5.74, 6) is 0.835. The Bertz CT molecular complexity index is 474. The molecular weight excluding hydrogens is 314 g/mol. The van der Waals surface area contributed by atoms with Crippen molar-refractivity contribution in [1.29, 1.82) is 0 Å². The third kappa shape index (κ3) is 6.34. The van der Waals surface area contributed by atoms with Crippen molar-refractivity contribution in [3.63, 3.8) is 0 Å². The van der Waals surface area contributed by atoms with Crippen molar-refractivity contribution in [3.8, 4) is 5.75 Å². The van der Waals surface area contributed by atoms with E-state index in [0.29, 0.717) is 6.54 Å². The molecule has 1 atom stereocenters. The van der Waals surface area contributed by atoms with Gasteiger partial charge < -0.3 is 14.7 Å². The molecule has 0 saturated carbocycles. The van der Waals surface area contributed by atoms with Gasteiger partial charge in [0.2, 0.25) is 0 Å². The number of alkyl halides is 2. The van der Waals surface area contributed by atoms with E-state index in [1.807, 2.05) is 0 Å². The number of aliphatic hydroxyl groups excluding tert-OH is 1. The molecule has 1 N–H and O–H groups in total. The van der Waals surface area contributed by atoms with Crippen LogP contribution in [-0.4, -0.2) is 60.8 Å². The first kappa shape index (κ1) is 19.1. The molecule has 1 saturated heterocycles. The van der Waals surface area contributed by atoms with Crippen LogP contribution in [0.4, 0.5) is 8.78 Å². The topological polar surface area (TPSA) is 35.9 Å². The average molecular weight is 342 g/mol. The molecule has 1 unspecified atom stereocenters. The first-order chi connectivity index (χ1) is 11.4. The van der Waals surface area contributed by atoms with Gasteiger partial charge in [0.05, 0.1) is 6.10 Å². The van der Waals surface area contributed by atoms with Gasteiger partial charge in [0, 0.05) is 32.7 Å². The van der Waals surface area contributed by atoms with E-state index in [1.165, 1.54) is 18.6 Å². The number of ether oxygens (including phenoxy) is 1. The highest BCUT2D eigenvalue weighted by molar-refractivity contribution is 5.28. The smallest absolute Gasteiger partial charge is 0.387 e. The highest BCUT2D eigenvalue weighted by atomic mass is 19.3. The Morgan fingerprint density at radius 2 is 1.62 bits per heavy atom. The fraction of sp³-hybridized carbons (Fsp3) is 0.667. The second-order valence-electron chi connectivity index (χ2n) is 6.79.